The monoisotopic (exact) mass is 225 g/mol. The van der Waals surface area contributed by atoms with Crippen LogP contribution in [0.4, 0.5) is 5.82 Å². The van der Waals surface area contributed by atoms with Crippen molar-refractivity contribution in [1.82, 2.24) is 9.78 Å². The summed E-state index contributed by atoms with van der Waals surface area (Å²) in [6.45, 7) is 0.110. The number of hydrogen-bond donors (Lipinski definition) is 2. The molecule has 1 aliphatic rings. The molecule has 0 aliphatic carbocycles. The maximum atomic E-state index is 11.5. The Kier molecular flexibility index (Phi) is 2.39. The van der Waals surface area contributed by atoms with E-state index >= 15 is 0 Å². The Bertz CT molecular complexity index is 454. The molecule has 2 N–H and O–H groups in total. The van der Waals surface area contributed by atoms with E-state index < -0.39 is 12.1 Å². The van der Waals surface area contributed by atoms with Crippen molar-refractivity contribution in [2.45, 2.75) is 12.5 Å². The van der Waals surface area contributed by atoms with Crippen molar-refractivity contribution in [2.24, 2.45) is 7.05 Å². The van der Waals surface area contributed by atoms with Crippen molar-refractivity contribution in [3.05, 3.63) is 11.8 Å². The zero-order valence-electron chi connectivity index (χ0n) is 8.62. The first-order chi connectivity index (χ1) is 7.50. The number of amides is 1. The van der Waals surface area contributed by atoms with Gasteiger partial charge >= 0.3 is 5.97 Å². The topological polar surface area (TPSA) is 95.7 Å². The first kappa shape index (κ1) is 10.6. The minimum Gasteiger partial charge on any atom is -0.477 e. The van der Waals surface area contributed by atoms with Crippen molar-refractivity contribution in [3.8, 4) is 0 Å². The molecule has 7 nitrogen and oxygen atoms in total. The number of rotatable bonds is 2. The lowest BCUT2D eigenvalue weighted by molar-refractivity contribution is -0.117. The average molecular weight is 225 g/mol. The van der Waals surface area contributed by atoms with Gasteiger partial charge in [-0.15, -0.1) is 0 Å². The van der Waals surface area contributed by atoms with E-state index in [0.29, 0.717) is 0 Å². The van der Waals surface area contributed by atoms with Crippen LogP contribution in [0.1, 0.15) is 16.8 Å². The molecule has 1 amide bonds. The number of carboxylic acids is 1. The van der Waals surface area contributed by atoms with Gasteiger partial charge in [-0.3, -0.25) is 14.4 Å². The summed E-state index contributed by atoms with van der Waals surface area (Å²) in [6, 6.07) is 0. The van der Waals surface area contributed by atoms with Gasteiger partial charge in [-0.25, -0.2) is 4.79 Å². The van der Waals surface area contributed by atoms with Gasteiger partial charge in [0.25, 0.3) is 0 Å². The molecule has 86 valence electrons. The van der Waals surface area contributed by atoms with Crippen molar-refractivity contribution in [3.63, 3.8) is 0 Å². The Morgan fingerprint density at radius 1 is 1.62 bits per heavy atom. The van der Waals surface area contributed by atoms with Gasteiger partial charge in [-0.2, -0.15) is 5.10 Å². The lowest BCUT2D eigenvalue weighted by Gasteiger charge is -2.16. The molecule has 1 fully saturated rings. The molecular formula is C9H11N3O4. The summed E-state index contributed by atoms with van der Waals surface area (Å²) in [5.74, 6) is -1.22. The van der Waals surface area contributed by atoms with E-state index in [2.05, 4.69) is 5.10 Å². The number of anilines is 1. The van der Waals surface area contributed by atoms with Gasteiger partial charge in [-0.05, 0) is 0 Å². The van der Waals surface area contributed by atoms with Crippen molar-refractivity contribution in [2.75, 3.05) is 11.4 Å². The smallest absolute Gasteiger partial charge is 0.341 e. The molecule has 0 aromatic carbocycles. The number of aliphatic hydroxyl groups is 1. The van der Waals surface area contributed by atoms with Crippen molar-refractivity contribution >= 4 is 17.7 Å². The Labute approximate surface area is 90.9 Å². The van der Waals surface area contributed by atoms with Crippen LogP contribution in [0.5, 0.6) is 0 Å². The van der Waals surface area contributed by atoms with Crippen LogP contribution in [0.25, 0.3) is 0 Å². The predicted molar refractivity (Wildman–Crippen MR) is 53.1 cm³/mol. The first-order valence-corrected chi connectivity index (χ1v) is 4.74. The summed E-state index contributed by atoms with van der Waals surface area (Å²) in [7, 11) is 1.56. The maximum Gasteiger partial charge on any atom is 0.341 e. The second-order valence-corrected chi connectivity index (χ2v) is 3.67. The summed E-state index contributed by atoms with van der Waals surface area (Å²) < 4.78 is 1.32. The largest absolute Gasteiger partial charge is 0.477 e. The van der Waals surface area contributed by atoms with Crippen LogP contribution in [0.15, 0.2) is 6.20 Å². The molecule has 16 heavy (non-hydrogen) atoms. The first-order valence-electron chi connectivity index (χ1n) is 4.74. The fraction of sp³-hybridized carbons (Fsp3) is 0.444. The fourth-order valence-corrected chi connectivity index (χ4v) is 1.80. The molecule has 0 radical (unpaired) electrons. The molecule has 2 heterocycles. The van der Waals surface area contributed by atoms with E-state index in [1.165, 1.54) is 15.8 Å². The van der Waals surface area contributed by atoms with E-state index in [1.807, 2.05) is 0 Å². The lowest BCUT2D eigenvalue weighted by Crippen LogP contribution is -2.29. The highest BCUT2D eigenvalue weighted by Gasteiger charge is 2.33. The van der Waals surface area contributed by atoms with Crippen molar-refractivity contribution in [1.29, 1.82) is 0 Å². The van der Waals surface area contributed by atoms with E-state index in [-0.39, 0.29) is 30.3 Å². The Hall–Kier alpha value is -1.89. The number of β-amino-alcohol motifs (C(OH)–C–C–N with tert-alkyl or cyclic N) is 1. The van der Waals surface area contributed by atoms with Gasteiger partial charge < -0.3 is 10.2 Å². The molecule has 1 atom stereocenters. The summed E-state index contributed by atoms with van der Waals surface area (Å²) in [6.07, 6.45) is 0.462. The SMILES string of the molecule is Cn1ncc(C(=O)O)c1N1CC(O)CC1=O. The second kappa shape index (κ2) is 3.60. The number of hydrogen-bond acceptors (Lipinski definition) is 4. The van der Waals surface area contributed by atoms with E-state index in [0.717, 1.165) is 0 Å². The molecule has 1 aliphatic heterocycles. The number of nitrogens with zero attached hydrogens (tertiary/aromatic N) is 3. The highest BCUT2D eigenvalue weighted by Crippen LogP contribution is 2.24. The summed E-state index contributed by atoms with van der Waals surface area (Å²) in [5, 5.41) is 22.1. The zero-order chi connectivity index (χ0) is 11.9. The molecule has 0 spiro atoms. The molecular weight excluding hydrogens is 214 g/mol. The van der Waals surface area contributed by atoms with E-state index in [4.69, 9.17) is 5.11 Å². The minimum atomic E-state index is -1.14. The molecule has 2 rings (SSSR count). The van der Waals surface area contributed by atoms with E-state index in [1.54, 1.807) is 7.05 Å². The highest BCUT2D eigenvalue weighted by atomic mass is 16.4. The number of aromatic nitrogens is 2. The van der Waals surface area contributed by atoms with Gasteiger partial charge in [0.2, 0.25) is 5.91 Å². The normalized spacial score (nSPS) is 20.5. The number of aliphatic hydroxyl groups excluding tert-OH is 1. The van der Waals surface area contributed by atoms with Crippen LogP contribution in [0, 0.1) is 0 Å². The van der Waals surface area contributed by atoms with Gasteiger partial charge in [0.15, 0.2) is 0 Å². The van der Waals surface area contributed by atoms with Crippen LogP contribution in [-0.4, -0.2) is 44.5 Å². The number of carbonyl (C=O) groups excluding carboxylic acids is 1. The Morgan fingerprint density at radius 2 is 2.31 bits per heavy atom. The Balaban J connectivity index is 2.43. The number of aromatic carboxylic acids is 1. The third-order valence-electron chi connectivity index (χ3n) is 2.50. The highest BCUT2D eigenvalue weighted by molar-refractivity contribution is 6.02. The van der Waals surface area contributed by atoms with Gasteiger partial charge in [0, 0.05) is 7.05 Å². The maximum absolute atomic E-state index is 11.5. The van der Waals surface area contributed by atoms with Crippen LogP contribution < -0.4 is 4.90 Å². The van der Waals surface area contributed by atoms with Gasteiger partial charge in [0.05, 0.1) is 25.3 Å². The third kappa shape index (κ3) is 1.54. The minimum absolute atomic E-state index is 0.0181. The summed E-state index contributed by atoms with van der Waals surface area (Å²) in [4.78, 5) is 23.7. The van der Waals surface area contributed by atoms with Crippen LogP contribution in [-0.2, 0) is 11.8 Å². The molecule has 1 unspecified atom stereocenters. The standard InChI is InChI=1S/C9H11N3O4/c1-11-8(6(3-10-11)9(15)16)12-4-5(13)2-7(12)14/h3,5,13H,2,4H2,1H3,(H,15,16). The lowest BCUT2D eigenvalue weighted by atomic mass is 10.3. The number of aryl methyl sites for hydroxylation is 1. The molecule has 1 aromatic rings. The fourth-order valence-electron chi connectivity index (χ4n) is 1.80. The molecule has 0 saturated carbocycles. The van der Waals surface area contributed by atoms with Gasteiger partial charge in [-0.1, -0.05) is 0 Å². The van der Waals surface area contributed by atoms with Gasteiger partial charge in [0.1, 0.15) is 11.4 Å². The van der Waals surface area contributed by atoms with Crippen LogP contribution in [0.3, 0.4) is 0 Å². The molecule has 1 saturated heterocycles. The zero-order valence-corrected chi connectivity index (χ0v) is 8.62. The molecule has 0 bridgehead atoms. The second-order valence-electron chi connectivity index (χ2n) is 3.67. The quantitative estimate of drug-likeness (QED) is 0.688. The average Bonchev–Trinajstić information content (AvgIpc) is 2.69. The molecule has 7 heteroatoms. The van der Waals surface area contributed by atoms with Crippen molar-refractivity contribution < 1.29 is 19.8 Å². The Morgan fingerprint density at radius 3 is 2.81 bits per heavy atom. The van der Waals surface area contributed by atoms with E-state index in [9.17, 15) is 14.7 Å². The summed E-state index contributed by atoms with van der Waals surface area (Å²) >= 11 is 0. The third-order valence-corrected chi connectivity index (χ3v) is 2.50. The number of carbonyl (C=O) groups is 2. The predicted octanol–water partition coefficient (Wildman–Crippen LogP) is -0.784. The van der Waals surface area contributed by atoms with Crippen LogP contribution >= 0.6 is 0 Å². The summed E-state index contributed by atoms with van der Waals surface area (Å²) in [5.41, 5.74) is -0.0371. The number of carboxylic acid groups (broad SMARTS) is 1. The molecule has 1 aromatic heterocycles. The van der Waals surface area contributed by atoms with Crippen LogP contribution in [0.2, 0.25) is 0 Å².